The van der Waals surface area contributed by atoms with Gasteiger partial charge >= 0.3 is 5.97 Å². The third-order valence-corrected chi connectivity index (χ3v) is 2.06. The minimum Gasteiger partial charge on any atom is -0.458 e. The summed E-state index contributed by atoms with van der Waals surface area (Å²) < 4.78 is 4.92. The van der Waals surface area contributed by atoms with Gasteiger partial charge in [0.15, 0.2) is 0 Å². The Morgan fingerprint density at radius 2 is 2.07 bits per heavy atom. The molecule has 0 saturated carbocycles. The van der Waals surface area contributed by atoms with E-state index < -0.39 is 0 Å². The zero-order valence-electron chi connectivity index (χ0n) is 9.03. The molecule has 0 amide bonds. The van der Waals surface area contributed by atoms with E-state index in [1.54, 1.807) is 18.2 Å². The van der Waals surface area contributed by atoms with E-state index in [0.29, 0.717) is 5.56 Å². The lowest BCUT2D eigenvalue weighted by Gasteiger charge is -2.03. The molecule has 1 aromatic rings. The van der Waals surface area contributed by atoms with E-state index in [1.165, 1.54) is 5.56 Å². The number of hydrogen-bond donors (Lipinski definition) is 0. The van der Waals surface area contributed by atoms with Gasteiger partial charge in [0.2, 0.25) is 0 Å². The predicted molar refractivity (Wildman–Crippen MR) is 60.9 cm³/mol. The number of benzene rings is 1. The summed E-state index contributed by atoms with van der Waals surface area (Å²) in [5, 5.41) is 0. The van der Waals surface area contributed by atoms with Crippen LogP contribution in [0.3, 0.4) is 0 Å². The number of carbonyl (C=O) groups is 1. The molecule has 0 aliphatic heterocycles. The first kappa shape index (κ1) is 11.5. The molecule has 0 saturated heterocycles. The number of ether oxygens (including phenoxy) is 1. The van der Waals surface area contributed by atoms with Gasteiger partial charge in [-0.15, -0.1) is 0 Å². The largest absolute Gasteiger partial charge is 0.458 e. The van der Waals surface area contributed by atoms with Gasteiger partial charge in [0.25, 0.3) is 0 Å². The van der Waals surface area contributed by atoms with E-state index in [0.717, 1.165) is 12.8 Å². The smallest absolute Gasteiger partial charge is 0.338 e. The fraction of sp³-hybridized carbons (Fsp3) is 0.308. The molecule has 1 aromatic carbocycles. The third kappa shape index (κ3) is 3.58. The molecule has 0 fully saturated rings. The van der Waals surface area contributed by atoms with Crippen LogP contribution in [0.4, 0.5) is 0 Å². The van der Waals surface area contributed by atoms with Crippen LogP contribution >= 0.6 is 0 Å². The van der Waals surface area contributed by atoms with Gasteiger partial charge in [0.05, 0.1) is 5.56 Å². The number of esters is 1. The summed E-state index contributed by atoms with van der Waals surface area (Å²) in [5.41, 5.74) is 1.84. The van der Waals surface area contributed by atoms with Crippen LogP contribution in [-0.4, -0.2) is 12.6 Å². The predicted octanol–water partition coefficient (Wildman–Crippen LogP) is 2.98. The second kappa shape index (κ2) is 6.02. The van der Waals surface area contributed by atoms with Crippen molar-refractivity contribution >= 4 is 5.97 Å². The number of aryl methyl sites for hydroxylation is 1. The van der Waals surface area contributed by atoms with Gasteiger partial charge in [-0.2, -0.15) is 0 Å². The molecule has 0 radical (unpaired) electrons. The summed E-state index contributed by atoms with van der Waals surface area (Å²) in [7, 11) is 0. The fourth-order valence-electron chi connectivity index (χ4n) is 1.31. The second-order valence-corrected chi connectivity index (χ2v) is 3.33. The van der Waals surface area contributed by atoms with Gasteiger partial charge in [-0.25, -0.2) is 4.79 Å². The maximum Gasteiger partial charge on any atom is 0.338 e. The van der Waals surface area contributed by atoms with Crippen LogP contribution in [0.25, 0.3) is 0 Å². The monoisotopic (exact) mass is 204 g/mol. The van der Waals surface area contributed by atoms with Crippen molar-refractivity contribution in [3.8, 4) is 0 Å². The Kier molecular flexibility index (Phi) is 4.61. The topological polar surface area (TPSA) is 26.3 Å². The molecule has 0 unspecified atom stereocenters. The van der Waals surface area contributed by atoms with E-state index in [4.69, 9.17) is 4.74 Å². The molecule has 0 aliphatic carbocycles. The van der Waals surface area contributed by atoms with Gasteiger partial charge in [-0.3, -0.25) is 0 Å². The molecule has 0 spiro atoms. The van der Waals surface area contributed by atoms with Crippen molar-refractivity contribution in [3.05, 3.63) is 48.0 Å². The zero-order chi connectivity index (χ0) is 11.1. The molecule has 15 heavy (non-hydrogen) atoms. The minimum absolute atomic E-state index is 0.259. The number of hydrogen-bond acceptors (Lipinski definition) is 2. The number of rotatable bonds is 5. The number of carbonyl (C=O) groups excluding carboxylic acids is 1. The Balaban J connectivity index is 2.62. The van der Waals surface area contributed by atoms with Gasteiger partial charge in [-0.05, 0) is 24.1 Å². The van der Waals surface area contributed by atoms with Gasteiger partial charge < -0.3 is 4.74 Å². The van der Waals surface area contributed by atoms with Crippen LogP contribution in [0, 0.1) is 0 Å². The standard InChI is InChI=1S/C13H16O2/c1-3-5-11-6-8-12(9-7-11)13(14)15-10-4-2/h4,6-9H,2-3,5,10H2,1H3. The van der Waals surface area contributed by atoms with Crippen LogP contribution in [0.1, 0.15) is 29.3 Å². The van der Waals surface area contributed by atoms with Crippen molar-refractivity contribution in [1.82, 2.24) is 0 Å². The van der Waals surface area contributed by atoms with E-state index in [-0.39, 0.29) is 12.6 Å². The molecular formula is C13H16O2. The van der Waals surface area contributed by atoms with E-state index in [1.807, 2.05) is 12.1 Å². The van der Waals surface area contributed by atoms with Crippen LogP contribution in [0.15, 0.2) is 36.9 Å². The highest BCUT2D eigenvalue weighted by molar-refractivity contribution is 5.89. The Morgan fingerprint density at radius 1 is 1.40 bits per heavy atom. The third-order valence-electron chi connectivity index (χ3n) is 2.06. The Bertz CT molecular complexity index is 325. The van der Waals surface area contributed by atoms with Crippen LogP contribution < -0.4 is 0 Å². The normalized spacial score (nSPS) is 9.67. The molecule has 0 atom stereocenters. The first-order chi connectivity index (χ1) is 7.27. The lowest BCUT2D eigenvalue weighted by atomic mass is 10.1. The first-order valence-electron chi connectivity index (χ1n) is 5.15. The second-order valence-electron chi connectivity index (χ2n) is 3.33. The molecule has 0 heterocycles. The Labute approximate surface area is 90.6 Å². The maximum absolute atomic E-state index is 11.4. The summed E-state index contributed by atoms with van der Waals surface area (Å²) in [6, 6.07) is 7.54. The highest BCUT2D eigenvalue weighted by atomic mass is 16.5. The van der Waals surface area contributed by atoms with E-state index >= 15 is 0 Å². The maximum atomic E-state index is 11.4. The van der Waals surface area contributed by atoms with Crippen molar-refractivity contribution in [2.24, 2.45) is 0 Å². The molecule has 2 nitrogen and oxygen atoms in total. The summed E-state index contributed by atoms with van der Waals surface area (Å²) in [6.45, 7) is 5.88. The van der Waals surface area contributed by atoms with Crippen molar-refractivity contribution in [3.63, 3.8) is 0 Å². The summed E-state index contributed by atoms with van der Waals surface area (Å²) in [5.74, 6) is -0.294. The van der Waals surface area contributed by atoms with Crippen LogP contribution in [0.2, 0.25) is 0 Å². The average molecular weight is 204 g/mol. The van der Waals surface area contributed by atoms with Gasteiger partial charge in [-0.1, -0.05) is 38.1 Å². The lowest BCUT2D eigenvalue weighted by molar-refractivity contribution is 0.0550. The molecule has 80 valence electrons. The molecule has 0 N–H and O–H groups in total. The van der Waals surface area contributed by atoms with Crippen molar-refractivity contribution < 1.29 is 9.53 Å². The van der Waals surface area contributed by atoms with Crippen molar-refractivity contribution in [2.75, 3.05) is 6.61 Å². The van der Waals surface area contributed by atoms with Crippen molar-refractivity contribution in [1.29, 1.82) is 0 Å². The Hall–Kier alpha value is -1.57. The molecule has 0 bridgehead atoms. The van der Waals surface area contributed by atoms with Crippen LogP contribution in [0.5, 0.6) is 0 Å². The summed E-state index contributed by atoms with van der Waals surface area (Å²) in [4.78, 5) is 11.4. The molecule has 2 heteroatoms. The van der Waals surface area contributed by atoms with Crippen LogP contribution in [-0.2, 0) is 11.2 Å². The lowest BCUT2D eigenvalue weighted by Crippen LogP contribution is -2.04. The van der Waals surface area contributed by atoms with Gasteiger partial charge in [0, 0.05) is 0 Å². The average Bonchev–Trinajstić information content (AvgIpc) is 2.27. The van der Waals surface area contributed by atoms with E-state index in [2.05, 4.69) is 13.5 Å². The van der Waals surface area contributed by atoms with Gasteiger partial charge in [0.1, 0.15) is 6.61 Å². The Morgan fingerprint density at radius 3 is 2.60 bits per heavy atom. The molecular weight excluding hydrogens is 188 g/mol. The molecule has 1 rings (SSSR count). The SMILES string of the molecule is C=CCOC(=O)c1ccc(CCC)cc1. The molecule has 0 aliphatic rings. The summed E-state index contributed by atoms with van der Waals surface area (Å²) in [6.07, 6.45) is 3.71. The first-order valence-corrected chi connectivity index (χ1v) is 5.15. The molecule has 0 aromatic heterocycles. The van der Waals surface area contributed by atoms with E-state index in [9.17, 15) is 4.79 Å². The highest BCUT2D eigenvalue weighted by Gasteiger charge is 2.05. The quantitative estimate of drug-likeness (QED) is 0.544. The fourth-order valence-corrected chi connectivity index (χ4v) is 1.31. The zero-order valence-corrected chi connectivity index (χ0v) is 9.03. The highest BCUT2D eigenvalue weighted by Crippen LogP contribution is 2.07. The minimum atomic E-state index is -0.294. The summed E-state index contributed by atoms with van der Waals surface area (Å²) >= 11 is 0. The van der Waals surface area contributed by atoms with Crippen molar-refractivity contribution in [2.45, 2.75) is 19.8 Å².